The molecule has 2 amide bonds. The van der Waals surface area contributed by atoms with Crippen LogP contribution in [0.3, 0.4) is 0 Å². The molecule has 0 saturated carbocycles. The Labute approximate surface area is 244 Å². The molecule has 11 nitrogen and oxygen atoms in total. The van der Waals surface area contributed by atoms with E-state index in [1.165, 1.54) is 67.8 Å². The van der Waals surface area contributed by atoms with Crippen LogP contribution < -0.4 is 13.8 Å². The number of amides is 2. The largest absolute Gasteiger partial charge is 0.497 e. The van der Waals surface area contributed by atoms with Gasteiger partial charge >= 0.3 is 0 Å². The molecule has 1 unspecified atom stereocenters. The molecular weight excluding hydrogens is 558 g/mol. The van der Waals surface area contributed by atoms with Crippen LogP contribution in [0.4, 0.5) is 5.69 Å². The maximum absolute atomic E-state index is 15.1. The topological polar surface area (TPSA) is 133 Å². The van der Waals surface area contributed by atoms with E-state index in [1.54, 1.807) is 31.1 Å². The second-order valence-corrected chi connectivity index (χ2v) is 12.1. The number of likely N-dealkylation sites (tertiary alicyclic amines) is 1. The summed E-state index contributed by atoms with van der Waals surface area (Å²) in [6.07, 6.45) is 3.36. The summed E-state index contributed by atoms with van der Waals surface area (Å²) in [7, 11) is 1.69. The first kappa shape index (κ1) is 29.0. The second kappa shape index (κ2) is 11.1. The Bertz CT molecular complexity index is 1680. The van der Waals surface area contributed by atoms with Gasteiger partial charge in [-0.1, -0.05) is 6.42 Å². The highest BCUT2D eigenvalue weighted by Crippen LogP contribution is 2.54. The van der Waals surface area contributed by atoms with Crippen LogP contribution in [0.1, 0.15) is 36.0 Å². The monoisotopic (exact) mass is 589 g/mol. The van der Waals surface area contributed by atoms with E-state index in [0.717, 1.165) is 10.7 Å². The third-order valence-electron chi connectivity index (χ3n) is 7.84. The van der Waals surface area contributed by atoms with Crippen molar-refractivity contribution in [2.75, 3.05) is 39.2 Å². The van der Waals surface area contributed by atoms with Crippen LogP contribution in [0.2, 0.25) is 0 Å². The molecule has 0 radical (unpaired) electrons. The number of methoxy groups -OCH3 is 2. The fourth-order valence-electron chi connectivity index (χ4n) is 5.94. The van der Waals surface area contributed by atoms with Gasteiger partial charge in [0.15, 0.2) is 5.54 Å². The molecule has 0 spiro atoms. The van der Waals surface area contributed by atoms with Gasteiger partial charge in [0.25, 0.3) is 15.9 Å². The average molecular weight is 590 g/mol. The molecule has 5 rings (SSSR count). The molecule has 218 valence electrons. The minimum atomic E-state index is -4.48. The Hall–Kier alpha value is -4.47. The van der Waals surface area contributed by atoms with Gasteiger partial charge in [-0.25, -0.2) is 17.7 Å². The number of hydrogen-bond donors (Lipinski definition) is 0. The van der Waals surface area contributed by atoms with E-state index >= 15 is 4.79 Å². The van der Waals surface area contributed by atoms with Gasteiger partial charge in [-0.05, 0) is 67.4 Å². The lowest BCUT2D eigenvalue weighted by atomic mass is 9.79. The number of benzene rings is 2. The van der Waals surface area contributed by atoms with E-state index in [4.69, 9.17) is 9.47 Å². The average Bonchev–Trinajstić information content (AvgIpc) is 3.28. The van der Waals surface area contributed by atoms with Crippen LogP contribution in [-0.4, -0.2) is 75.9 Å². The van der Waals surface area contributed by atoms with E-state index in [-0.39, 0.29) is 39.1 Å². The number of pyridine rings is 1. The second-order valence-electron chi connectivity index (χ2n) is 10.3. The Morgan fingerprint density at radius 2 is 1.81 bits per heavy atom. The number of nitrogens with zero attached hydrogens (tertiary/aromatic N) is 5. The molecule has 2 aromatic carbocycles. The van der Waals surface area contributed by atoms with Crippen molar-refractivity contribution in [1.29, 1.82) is 5.26 Å². The number of likely N-dealkylation sites (N-methyl/N-ethyl adjacent to an activating group) is 1. The Morgan fingerprint density at radius 1 is 1.07 bits per heavy atom. The summed E-state index contributed by atoms with van der Waals surface area (Å²) in [5.41, 5.74) is -1.00. The Balaban J connectivity index is 1.86. The molecule has 1 saturated heterocycles. The first-order valence-electron chi connectivity index (χ1n) is 13.4. The van der Waals surface area contributed by atoms with E-state index in [0.29, 0.717) is 25.1 Å². The van der Waals surface area contributed by atoms with Gasteiger partial charge in [0, 0.05) is 38.0 Å². The minimum Gasteiger partial charge on any atom is -0.497 e. The number of rotatable bonds is 7. The van der Waals surface area contributed by atoms with Crippen LogP contribution in [0.15, 0.2) is 65.7 Å². The molecule has 12 heteroatoms. The SMILES string of the molecule is COc1ccc(S(=O)(=O)N2C(=O)C(c3cccnc3OC)(N3CCCC[C@H]3C(=O)N(C)C)c3cc(C#N)ccc32)cc1. The van der Waals surface area contributed by atoms with Crippen LogP contribution in [0, 0.1) is 11.3 Å². The number of carbonyl (C=O) groups is 2. The summed E-state index contributed by atoms with van der Waals surface area (Å²) in [6, 6.07) is 14.8. The van der Waals surface area contributed by atoms with Crippen molar-refractivity contribution in [2.24, 2.45) is 0 Å². The molecule has 0 aliphatic carbocycles. The van der Waals surface area contributed by atoms with Gasteiger partial charge in [-0.3, -0.25) is 14.5 Å². The van der Waals surface area contributed by atoms with Crippen molar-refractivity contribution in [1.82, 2.24) is 14.8 Å². The van der Waals surface area contributed by atoms with Crippen molar-refractivity contribution >= 4 is 27.5 Å². The zero-order valence-electron chi connectivity index (χ0n) is 23.8. The summed E-state index contributed by atoms with van der Waals surface area (Å²) in [4.78, 5) is 36.2. The van der Waals surface area contributed by atoms with Gasteiger partial charge in [-0.2, -0.15) is 5.26 Å². The minimum absolute atomic E-state index is 0.0855. The summed E-state index contributed by atoms with van der Waals surface area (Å²) < 4.78 is 40.2. The molecular formula is C30H31N5O6S. The number of nitriles is 1. The first-order chi connectivity index (χ1) is 20.1. The number of ether oxygens (including phenoxy) is 2. The lowest BCUT2D eigenvalue weighted by Gasteiger charge is -2.47. The van der Waals surface area contributed by atoms with Crippen LogP contribution in [0.5, 0.6) is 11.6 Å². The molecule has 2 aliphatic heterocycles. The summed E-state index contributed by atoms with van der Waals surface area (Å²) in [5.74, 6) is -0.481. The lowest BCUT2D eigenvalue weighted by molar-refractivity contribution is -0.142. The zero-order chi connectivity index (χ0) is 30.2. The van der Waals surface area contributed by atoms with Gasteiger partial charge in [0.05, 0.1) is 42.5 Å². The predicted molar refractivity (Wildman–Crippen MR) is 153 cm³/mol. The third kappa shape index (κ3) is 4.36. The molecule has 3 heterocycles. The van der Waals surface area contributed by atoms with Crippen molar-refractivity contribution in [3.63, 3.8) is 0 Å². The van der Waals surface area contributed by atoms with Gasteiger partial charge in [0.2, 0.25) is 11.8 Å². The van der Waals surface area contributed by atoms with Crippen molar-refractivity contribution in [3.05, 3.63) is 77.5 Å². The van der Waals surface area contributed by atoms with Gasteiger partial charge in [0.1, 0.15) is 5.75 Å². The van der Waals surface area contributed by atoms with Crippen molar-refractivity contribution in [2.45, 2.75) is 35.7 Å². The maximum atomic E-state index is 15.1. The van der Waals surface area contributed by atoms with Crippen LogP contribution in [0.25, 0.3) is 0 Å². The highest BCUT2D eigenvalue weighted by atomic mass is 32.2. The quantitative estimate of drug-likeness (QED) is 0.408. The van der Waals surface area contributed by atoms with Crippen molar-refractivity contribution < 1.29 is 27.5 Å². The van der Waals surface area contributed by atoms with Gasteiger partial charge in [-0.15, -0.1) is 0 Å². The molecule has 2 atom stereocenters. The van der Waals surface area contributed by atoms with E-state index in [2.05, 4.69) is 11.1 Å². The smallest absolute Gasteiger partial charge is 0.271 e. The molecule has 1 aromatic heterocycles. The highest BCUT2D eigenvalue weighted by Gasteiger charge is 2.62. The number of sulfonamides is 1. The normalized spacial score (nSPS) is 20.5. The predicted octanol–water partition coefficient (Wildman–Crippen LogP) is 2.89. The molecule has 0 N–H and O–H groups in total. The van der Waals surface area contributed by atoms with E-state index < -0.39 is 27.5 Å². The van der Waals surface area contributed by atoms with E-state index in [9.17, 15) is 18.5 Å². The van der Waals surface area contributed by atoms with Gasteiger partial charge < -0.3 is 14.4 Å². The molecule has 0 bridgehead atoms. The van der Waals surface area contributed by atoms with Crippen LogP contribution >= 0.6 is 0 Å². The summed E-state index contributed by atoms with van der Waals surface area (Å²) in [5, 5.41) is 9.86. The standard InChI is InChI=1S/C30H31N5O6S/c1-33(2)28(36)26-9-5-6-17-34(26)30(23-8-7-16-32-27(23)41-4)24-18-20(19-31)10-15-25(24)35(29(30)37)42(38,39)22-13-11-21(40-3)12-14-22/h7-8,10-16,18,26H,5-6,9,17H2,1-4H3/t26-,30?/m0/s1. The molecule has 1 fully saturated rings. The number of hydrogen-bond acceptors (Lipinski definition) is 9. The lowest BCUT2D eigenvalue weighted by Crippen LogP contribution is -2.62. The number of piperidine rings is 1. The fourth-order valence-corrected chi connectivity index (χ4v) is 7.40. The molecule has 3 aromatic rings. The first-order valence-corrected chi connectivity index (χ1v) is 14.8. The molecule has 2 aliphatic rings. The van der Waals surface area contributed by atoms with Crippen LogP contribution in [-0.2, 0) is 25.2 Å². The Morgan fingerprint density at radius 3 is 2.45 bits per heavy atom. The van der Waals surface area contributed by atoms with E-state index in [1.807, 2.05) is 0 Å². The fraction of sp³-hybridized carbons (Fsp3) is 0.333. The van der Waals surface area contributed by atoms with Crippen molar-refractivity contribution in [3.8, 4) is 17.7 Å². The molecule has 42 heavy (non-hydrogen) atoms. The summed E-state index contributed by atoms with van der Waals surface area (Å²) >= 11 is 0. The maximum Gasteiger partial charge on any atom is 0.271 e. The Kier molecular flexibility index (Phi) is 7.66. The zero-order valence-corrected chi connectivity index (χ0v) is 24.6. The number of fused-ring (bicyclic) bond motifs is 1. The summed E-state index contributed by atoms with van der Waals surface area (Å²) in [6.45, 7) is 0.306. The number of carbonyl (C=O) groups excluding carboxylic acids is 2. The third-order valence-corrected chi connectivity index (χ3v) is 9.55. The number of aromatic nitrogens is 1. The number of anilines is 1. The highest BCUT2D eigenvalue weighted by molar-refractivity contribution is 7.93.